The molecular formula is C17H17N3O4S. The van der Waals surface area contributed by atoms with Crippen LogP contribution in [-0.2, 0) is 9.53 Å². The Morgan fingerprint density at radius 3 is 2.80 bits per heavy atom. The van der Waals surface area contributed by atoms with Gasteiger partial charge < -0.3 is 13.9 Å². The first-order valence-electron chi connectivity index (χ1n) is 7.65. The number of esters is 1. The van der Waals surface area contributed by atoms with Gasteiger partial charge in [0.15, 0.2) is 10.9 Å². The largest absolute Gasteiger partial charge is 0.495 e. The smallest absolute Gasteiger partial charge is 0.316 e. The van der Waals surface area contributed by atoms with E-state index in [2.05, 4.69) is 10.2 Å². The minimum absolute atomic E-state index is 0.138. The molecule has 0 aliphatic rings. The molecule has 1 aromatic carbocycles. The van der Waals surface area contributed by atoms with Gasteiger partial charge in [-0.05, 0) is 31.2 Å². The number of carbonyl (C=O) groups is 1. The van der Waals surface area contributed by atoms with Crippen LogP contribution in [-0.4, -0.2) is 40.2 Å². The molecule has 2 aromatic heterocycles. The number of rotatable bonds is 7. The van der Waals surface area contributed by atoms with Crippen LogP contribution in [0.5, 0.6) is 5.75 Å². The molecule has 25 heavy (non-hydrogen) atoms. The molecule has 0 saturated carbocycles. The van der Waals surface area contributed by atoms with Crippen LogP contribution in [0, 0.1) is 0 Å². The first-order valence-corrected chi connectivity index (χ1v) is 8.64. The number of nitrogens with zero attached hydrogens (tertiary/aromatic N) is 3. The number of carbonyl (C=O) groups excluding carboxylic acids is 1. The van der Waals surface area contributed by atoms with E-state index in [1.165, 1.54) is 11.8 Å². The van der Waals surface area contributed by atoms with Crippen molar-refractivity contribution in [1.82, 2.24) is 14.8 Å². The lowest BCUT2D eigenvalue weighted by Gasteiger charge is -2.12. The van der Waals surface area contributed by atoms with Crippen molar-refractivity contribution in [2.75, 3.05) is 19.5 Å². The maximum Gasteiger partial charge on any atom is 0.316 e. The van der Waals surface area contributed by atoms with Crippen molar-refractivity contribution in [2.45, 2.75) is 12.1 Å². The number of hydrogen-bond acceptors (Lipinski definition) is 7. The number of methoxy groups -OCH3 is 1. The molecule has 0 atom stereocenters. The summed E-state index contributed by atoms with van der Waals surface area (Å²) in [7, 11) is 1.60. The van der Waals surface area contributed by atoms with Crippen LogP contribution in [0.25, 0.3) is 17.3 Å². The lowest BCUT2D eigenvalue weighted by atomic mass is 10.3. The van der Waals surface area contributed by atoms with E-state index in [9.17, 15) is 4.79 Å². The van der Waals surface area contributed by atoms with Gasteiger partial charge in [0.2, 0.25) is 5.82 Å². The Labute approximate surface area is 149 Å². The third kappa shape index (κ3) is 3.69. The van der Waals surface area contributed by atoms with E-state index in [1.807, 2.05) is 28.8 Å². The standard InChI is InChI=1S/C17H17N3O4S/c1-3-23-15(21)11-25-17-19-18-16(14-9-6-10-24-14)20(17)12-7-4-5-8-13(12)22-2/h4-10H,3,11H2,1-2H3. The van der Waals surface area contributed by atoms with Gasteiger partial charge >= 0.3 is 5.97 Å². The van der Waals surface area contributed by atoms with Gasteiger partial charge in [0.25, 0.3) is 0 Å². The normalized spacial score (nSPS) is 10.6. The Morgan fingerprint density at radius 1 is 1.24 bits per heavy atom. The van der Waals surface area contributed by atoms with Gasteiger partial charge in [-0.25, -0.2) is 0 Å². The molecule has 0 spiro atoms. The molecule has 0 aliphatic heterocycles. The average molecular weight is 359 g/mol. The first kappa shape index (κ1) is 17.1. The highest BCUT2D eigenvalue weighted by Gasteiger charge is 2.21. The predicted molar refractivity (Wildman–Crippen MR) is 93.0 cm³/mol. The van der Waals surface area contributed by atoms with Gasteiger partial charge in [-0.15, -0.1) is 10.2 Å². The van der Waals surface area contributed by atoms with E-state index in [0.717, 1.165) is 5.69 Å². The molecule has 3 aromatic rings. The zero-order valence-corrected chi connectivity index (χ0v) is 14.7. The number of ether oxygens (including phenoxy) is 2. The van der Waals surface area contributed by atoms with E-state index in [-0.39, 0.29) is 11.7 Å². The molecule has 0 amide bonds. The van der Waals surface area contributed by atoms with Crippen molar-refractivity contribution < 1.29 is 18.7 Å². The van der Waals surface area contributed by atoms with Gasteiger partial charge in [-0.3, -0.25) is 9.36 Å². The molecule has 0 fully saturated rings. The van der Waals surface area contributed by atoms with Gasteiger partial charge in [0.1, 0.15) is 5.75 Å². The maximum atomic E-state index is 11.7. The zero-order chi connectivity index (χ0) is 17.6. The molecule has 3 rings (SSSR count). The number of hydrogen-bond donors (Lipinski definition) is 0. The van der Waals surface area contributed by atoms with E-state index in [4.69, 9.17) is 13.9 Å². The third-order valence-corrected chi connectivity index (χ3v) is 4.23. The SMILES string of the molecule is CCOC(=O)CSc1nnc(-c2ccco2)n1-c1ccccc1OC. The highest BCUT2D eigenvalue weighted by molar-refractivity contribution is 7.99. The summed E-state index contributed by atoms with van der Waals surface area (Å²) < 4.78 is 17.7. The quantitative estimate of drug-likeness (QED) is 0.473. The van der Waals surface area contributed by atoms with Crippen LogP contribution < -0.4 is 4.74 Å². The second-order valence-corrected chi connectivity index (χ2v) is 5.83. The van der Waals surface area contributed by atoms with Gasteiger partial charge in [0.05, 0.1) is 31.4 Å². The Balaban J connectivity index is 2.03. The molecule has 0 aliphatic carbocycles. The molecule has 0 saturated heterocycles. The molecule has 2 heterocycles. The molecule has 0 N–H and O–H groups in total. The van der Waals surface area contributed by atoms with Crippen LogP contribution in [0.2, 0.25) is 0 Å². The summed E-state index contributed by atoms with van der Waals surface area (Å²) >= 11 is 1.24. The summed E-state index contributed by atoms with van der Waals surface area (Å²) in [6, 6.07) is 11.1. The second kappa shape index (κ2) is 7.89. The van der Waals surface area contributed by atoms with Crippen LogP contribution in [0.4, 0.5) is 0 Å². The summed E-state index contributed by atoms with van der Waals surface area (Å²) in [5.41, 5.74) is 0.757. The van der Waals surface area contributed by atoms with Crippen molar-refractivity contribution in [3.05, 3.63) is 42.7 Å². The summed E-state index contributed by atoms with van der Waals surface area (Å²) in [5, 5.41) is 8.98. The fourth-order valence-corrected chi connectivity index (χ4v) is 3.03. The fourth-order valence-electron chi connectivity index (χ4n) is 2.29. The molecular weight excluding hydrogens is 342 g/mol. The highest BCUT2D eigenvalue weighted by atomic mass is 32.2. The summed E-state index contributed by atoms with van der Waals surface area (Å²) in [4.78, 5) is 11.7. The summed E-state index contributed by atoms with van der Waals surface area (Å²) in [6.07, 6.45) is 1.57. The molecule has 130 valence electrons. The Morgan fingerprint density at radius 2 is 2.08 bits per heavy atom. The maximum absolute atomic E-state index is 11.7. The lowest BCUT2D eigenvalue weighted by Crippen LogP contribution is -2.08. The zero-order valence-electron chi connectivity index (χ0n) is 13.8. The van der Waals surface area contributed by atoms with Crippen LogP contribution in [0.3, 0.4) is 0 Å². The topological polar surface area (TPSA) is 79.4 Å². The van der Waals surface area contributed by atoms with Crippen LogP contribution >= 0.6 is 11.8 Å². The minimum atomic E-state index is -0.304. The molecule has 0 unspecified atom stereocenters. The van der Waals surface area contributed by atoms with E-state index in [1.54, 1.807) is 32.4 Å². The van der Waals surface area contributed by atoms with Crippen molar-refractivity contribution in [3.8, 4) is 23.0 Å². The van der Waals surface area contributed by atoms with Gasteiger partial charge in [-0.1, -0.05) is 23.9 Å². The molecule has 0 radical (unpaired) electrons. The Hall–Kier alpha value is -2.74. The van der Waals surface area contributed by atoms with Crippen molar-refractivity contribution in [3.63, 3.8) is 0 Å². The Bertz CT molecular complexity index is 845. The third-order valence-electron chi connectivity index (χ3n) is 3.33. The summed E-state index contributed by atoms with van der Waals surface area (Å²) in [6.45, 7) is 2.12. The van der Waals surface area contributed by atoms with Crippen molar-refractivity contribution in [1.29, 1.82) is 0 Å². The first-order chi connectivity index (χ1) is 12.2. The number of thioether (sulfide) groups is 1. The number of aromatic nitrogens is 3. The lowest BCUT2D eigenvalue weighted by molar-refractivity contribution is -0.139. The molecule has 0 bridgehead atoms. The van der Waals surface area contributed by atoms with E-state index in [0.29, 0.717) is 29.1 Å². The molecule has 7 nitrogen and oxygen atoms in total. The number of para-hydroxylation sites is 2. The fraction of sp³-hybridized carbons (Fsp3) is 0.235. The minimum Gasteiger partial charge on any atom is -0.495 e. The molecule has 8 heteroatoms. The van der Waals surface area contributed by atoms with Crippen LogP contribution in [0.15, 0.2) is 52.2 Å². The van der Waals surface area contributed by atoms with E-state index >= 15 is 0 Å². The van der Waals surface area contributed by atoms with Gasteiger partial charge in [0, 0.05) is 0 Å². The second-order valence-electron chi connectivity index (χ2n) is 4.88. The summed E-state index contributed by atoms with van der Waals surface area (Å²) in [5.74, 6) is 1.59. The number of furan rings is 1. The Kier molecular flexibility index (Phi) is 5.39. The predicted octanol–water partition coefficient (Wildman–Crippen LogP) is 3.19. The van der Waals surface area contributed by atoms with Crippen molar-refractivity contribution in [2.24, 2.45) is 0 Å². The van der Waals surface area contributed by atoms with Gasteiger partial charge in [-0.2, -0.15) is 0 Å². The van der Waals surface area contributed by atoms with Crippen LogP contribution in [0.1, 0.15) is 6.92 Å². The van der Waals surface area contributed by atoms with Crippen molar-refractivity contribution >= 4 is 17.7 Å². The average Bonchev–Trinajstić information content (AvgIpc) is 3.29. The highest BCUT2D eigenvalue weighted by Crippen LogP contribution is 2.32. The van der Waals surface area contributed by atoms with E-state index < -0.39 is 0 Å². The number of benzene rings is 1. The monoisotopic (exact) mass is 359 g/mol.